The molecule has 1 saturated carbocycles. The smallest absolute Gasteiger partial charge is 0.233 e. The fraction of sp³-hybridized carbons (Fsp3) is 0.357. The predicted molar refractivity (Wildman–Crippen MR) is 82.1 cm³/mol. The zero-order chi connectivity index (χ0) is 15.7. The van der Waals surface area contributed by atoms with E-state index in [1.807, 2.05) is 7.05 Å². The van der Waals surface area contributed by atoms with E-state index in [2.05, 4.69) is 10.2 Å². The van der Waals surface area contributed by atoms with Gasteiger partial charge in [0, 0.05) is 18.7 Å². The zero-order valence-electron chi connectivity index (χ0n) is 12.1. The van der Waals surface area contributed by atoms with Crippen molar-refractivity contribution in [2.24, 2.45) is 0 Å². The molecular weight excluding hydrogens is 305 g/mol. The number of hydrogen-bond acceptors (Lipinski definition) is 5. The van der Waals surface area contributed by atoms with Crippen molar-refractivity contribution in [3.05, 3.63) is 30.1 Å². The molecule has 116 valence electrons. The molecular formula is C14H16FN5OS. The van der Waals surface area contributed by atoms with Crippen molar-refractivity contribution in [1.29, 1.82) is 0 Å². The summed E-state index contributed by atoms with van der Waals surface area (Å²) in [6, 6.07) is 6.24. The largest absolute Gasteiger partial charge is 0.342 e. The van der Waals surface area contributed by atoms with E-state index in [1.54, 1.807) is 17.0 Å². The summed E-state index contributed by atoms with van der Waals surface area (Å²) in [7, 11) is 1.82. The molecule has 1 aliphatic carbocycles. The highest BCUT2D eigenvalue weighted by Crippen LogP contribution is 2.27. The fourth-order valence-corrected chi connectivity index (χ4v) is 2.85. The Bertz CT molecular complexity index is 683. The molecule has 1 aromatic carbocycles. The van der Waals surface area contributed by atoms with E-state index in [0.717, 1.165) is 12.8 Å². The van der Waals surface area contributed by atoms with Gasteiger partial charge in [-0.3, -0.25) is 4.79 Å². The fourth-order valence-electron chi connectivity index (χ4n) is 2.06. The lowest BCUT2D eigenvalue weighted by atomic mass is 10.2. The van der Waals surface area contributed by atoms with Crippen molar-refractivity contribution in [2.45, 2.75) is 24.0 Å². The first-order valence-electron chi connectivity index (χ1n) is 6.91. The van der Waals surface area contributed by atoms with Gasteiger partial charge in [-0.15, -0.1) is 10.2 Å². The van der Waals surface area contributed by atoms with Gasteiger partial charge >= 0.3 is 0 Å². The summed E-state index contributed by atoms with van der Waals surface area (Å²) < 4.78 is 14.3. The number of nitrogens with two attached hydrogens (primary N) is 1. The minimum atomic E-state index is -0.324. The topological polar surface area (TPSA) is 77.0 Å². The van der Waals surface area contributed by atoms with Crippen LogP contribution in [0.5, 0.6) is 0 Å². The number of thioether (sulfide) groups is 1. The molecule has 0 saturated heterocycles. The molecule has 2 aromatic rings. The van der Waals surface area contributed by atoms with E-state index >= 15 is 0 Å². The molecule has 1 amide bonds. The molecule has 0 atom stereocenters. The third-order valence-corrected chi connectivity index (χ3v) is 4.51. The zero-order valence-corrected chi connectivity index (χ0v) is 12.9. The van der Waals surface area contributed by atoms with E-state index in [4.69, 9.17) is 5.84 Å². The second kappa shape index (κ2) is 5.96. The van der Waals surface area contributed by atoms with Crippen molar-refractivity contribution >= 4 is 17.7 Å². The second-order valence-electron chi connectivity index (χ2n) is 5.21. The average molecular weight is 321 g/mol. The average Bonchev–Trinajstić information content (AvgIpc) is 3.30. The first-order chi connectivity index (χ1) is 10.6. The normalized spacial score (nSPS) is 14.1. The van der Waals surface area contributed by atoms with Crippen LogP contribution in [0.4, 0.5) is 4.39 Å². The number of carbonyl (C=O) groups excluding carboxylic acids is 1. The number of hydrogen-bond donors (Lipinski definition) is 1. The Kier molecular flexibility index (Phi) is 4.02. The van der Waals surface area contributed by atoms with Crippen LogP contribution >= 0.6 is 11.8 Å². The summed E-state index contributed by atoms with van der Waals surface area (Å²) in [5.41, 5.74) is 0.671. The van der Waals surface area contributed by atoms with E-state index in [0.29, 0.717) is 22.6 Å². The number of amides is 1. The third-order valence-electron chi connectivity index (χ3n) is 3.58. The first-order valence-corrected chi connectivity index (χ1v) is 7.89. The maximum absolute atomic E-state index is 12.9. The molecule has 0 radical (unpaired) electrons. The predicted octanol–water partition coefficient (Wildman–Crippen LogP) is 1.51. The van der Waals surface area contributed by atoms with Gasteiger partial charge < -0.3 is 10.7 Å². The van der Waals surface area contributed by atoms with Crippen molar-refractivity contribution < 1.29 is 9.18 Å². The summed E-state index contributed by atoms with van der Waals surface area (Å²) in [6.07, 6.45) is 2.16. The van der Waals surface area contributed by atoms with E-state index in [1.165, 1.54) is 28.6 Å². The SMILES string of the molecule is CN(C(=O)CSc1nnc(-c2ccc(F)cc2)n1N)C1CC1. The molecule has 6 nitrogen and oxygen atoms in total. The lowest BCUT2D eigenvalue weighted by Crippen LogP contribution is -2.30. The van der Waals surface area contributed by atoms with E-state index in [-0.39, 0.29) is 17.5 Å². The highest BCUT2D eigenvalue weighted by molar-refractivity contribution is 7.99. The molecule has 1 aliphatic rings. The van der Waals surface area contributed by atoms with Gasteiger partial charge in [0.05, 0.1) is 5.75 Å². The van der Waals surface area contributed by atoms with Crippen LogP contribution in [0.3, 0.4) is 0 Å². The summed E-state index contributed by atoms with van der Waals surface area (Å²) in [5.74, 6) is 6.40. The van der Waals surface area contributed by atoms with Crippen LogP contribution < -0.4 is 5.84 Å². The van der Waals surface area contributed by atoms with Crippen molar-refractivity contribution in [2.75, 3.05) is 18.6 Å². The number of aromatic nitrogens is 3. The van der Waals surface area contributed by atoms with Crippen LogP contribution in [-0.4, -0.2) is 44.5 Å². The summed E-state index contributed by atoms with van der Waals surface area (Å²) in [6.45, 7) is 0. The standard InChI is InChI=1S/C14H16FN5OS/c1-19(11-6-7-11)12(21)8-22-14-18-17-13(20(14)16)9-2-4-10(15)5-3-9/h2-5,11H,6-8,16H2,1H3. The monoisotopic (exact) mass is 321 g/mol. The Morgan fingerprint density at radius 2 is 2.09 bits per heavy atom. The molecule has 3 rings (SSSR count). The first kappa shape index (κ1) is 14.8. The third kappa shape index (κ3) is 3.06. The lowest BCUT2D eigenvalue weighted by Gasteiger charge is -2.15. The van der Waals surface area contributed by atoms with Crippen LogP contribution in [0, 0.1) is 5.82 Å². The van der Waals surface area contributed by atoms with Gasteiger partial charge in [-0.25, -0.2) is 9.07 Å². The molecule has 1 fully saturated rings. The van der Waals surface area contributed by atoms with Crippen LogP contribution in [0.1, 0.15) is 12.8 Å². The highest BCUT2D eigenvalue weighted by Gasteiger charge is 2.29. The van der Waals surface area contributed by atoms with Gasteiger partial charge in [-0.2, -0.15) is 0 Å². The Morgan fingerprint density at radius 3 is 2.73 bits per heavy atom. The molecule has 0 unspecified atom stereocenters. The van der Waals surface area contributed by atoms with Gasteiger partial charge in [0.2, 0.25) is 11.1 Å². The van der Waals surface area contributed by atoms with Gasteiger partial charge in [0.15, 0.2) is 5.82 Å². The number of nitrogens with zero attached hydrogens (tertiary/aromatic N) is 4. The van der Waals surface area contributed by atoms with Crippen LogP contribution in [0.25, 0.3) is 11.4 Å². The number of rotatable bonds is 5. The second-order valence-corrected chi connectivity index (χ2v) is 6.15. The Hall–Kier alpha value is -2.09. The van der Waals surface area contributed by atoms with Crippen LogP contribution in [0.2, 0.25) is 0 Å². The molecule has 2 N–H and O–H groups in total. The van der Waals surface area contributed by atoms with Crippen molar-refractivity contribution in [3.63, 3.8) is 0 Å². The quantitative estimate of drug-likeness (QED) is 0.667. The Balaban J connectivity index is 1.68. The number of nitrogen functional groups attached to an aromatic ring is 1. The number of benzene rings is 1. The molecule has 8 heteroatoms. The minimum absolute atomic E-state index is 0.0545. The maximum atomic E-state index is 12.9. The maximum Gasteiger partial charge on any atom is 0.233 e. The lowest BCUT2D eigenvalue weighted by molar-refractivity contribution is -0.127. The number of carbonyl (C=O) groups is 1. The molecule has 0 bridgehead atoms. The molecule has 1 aromatic heterocycles. The summed E-state index contributed by atoms with van der Waals surface area (Å²) in [4.78, 5) is 13.8. The van der Waals surface area contributed by atoms with E-state index < -0.39 is 0 Å². The molecule has 0 spiro atoms. The van der Waals surface area contributed by atoms with Gasteiger partial charge in [0.25, 0.3) is 0 Å². The van der Waals surface area contributed by atoms with Crippen molar-refractivity contribution in [1.82, 2.24) is 19.8 Å². The Morgan fingerprint density at radius 1 is 1.41 bits per heavy atom. The summed E-state index contributed by atoms with van der Waals surface area (Å²) in [5, 5.41) is 8.45. The van der Waals surface area contributed by atoms with Crippen LogP contribution in [0.15, 0.2) is 29.4 Å². The van der Waals surface area contributed by atoms with Gasteiger partial charge in [-0.1, -0.05) is 11.8 Å². The molecule has 1 heterocycles. The highest BCUT2D eigenvalue weighted by atomic mass is 32.2. The minimum Gasteiger partial charge on any atom is -0.342 e. The van der Waals surface area contributed by atoms with Crippen LogP contribution in [-0.2, 0) is 4.79 Å². The van der Waals surface area contributed by atoms with Gasteiger partial charge in [-0.05, 0) is 37.1 Å². The van der Waals surface area contributed by atoms with Crippen molar-refractivity contribution in [3.8, 4) is 11.4 Å². The van der Waals surface area contributed by atoms with Gasteiger partial charge in [0.1, 0.15) is 5.82 Å². The summed E-state index contributed by atoms with van der Waals surface area (Å²) >= 11 is 1.25. The van der Waals surface area contributed by atoms with E-state index in [9.17, 15) is 9.18 Å². The molecule has 0 aliphatic heterocycles. The number of halogens is 1. The molecule has 22 heavy (non-hydrogen) atoms. The Labute approximate surface area is 131 Å².